The minimum absolute atomic E-state index is 0. The maximum Gasteiger partial charge on any atom is 0.243 e. The summed E-state index contributed by atoms with van der Waals surface area (Å²) < 4.78 is 32.9. The summed E-state index contributed by atoms with van der Waals surface area (Å²) >= 11 is 0. The van der Waals surface area contributed by atoms with E-state index in [0.717, 1.165) is 32.1 Å². The molecule has 0 saturated carbocycles. The van der Waals surface area contributed by atoms with E-state index in [2.05, 4.69) is 5.32 Å². The summed E-state index contributed by atoms with van der Waals surface area (Å²) in [6.07, 6.45) is 4.38. The van der Waals surface area contributed by atoms with Crippen LogP contribution in [0, 0.1) is 5.92 Å². The maximum absolute atomic E-state index is 13.0. The van der Waals surface area contributed by atoms with Crippen LogP contribution in [0.3, 0.4) is 0 Å². The number of nitrogens with one attached hydrogen (secondary N) is 1. The van der Waals surface area contributed by atoms with Gasteiger partial charge in [0.05, 0.1) is 10.9 Å². The molecule has 0 aromatic heterocycles. The molecule has 1 amide bonds. The standard InChI is InChI=1S/C19H29N3O4S.ClH/c20-18(15-8-12-26-13-9-15)19(23)21-14-16-6-2-3-7-17(16)27(24,25)22-10-4-1-5-11-22;/h2-3,6-7,15,18H,1,4-5,8-14,20H2,(H,21,23);1H. The number of piperidine rings is 1. The average molecular weight is 432 g/mol. The van der Waals surface area contributed by atoms with E-state index in [1.165, 1.54) is 0 Å². The molecule has 2 saturated heterocycles. The van der Waals surface area contributed by atoms with Crippen molar-refractivity contribution in [3.8, 4) is 0 Å². The lowest BCUT2D eigenvalue weighted by Crippen LogP contribution is -2.47. The fourth-order valence-electron chi connectivity index (χ4n) is 3.74. The lowest BCUT2D eigenvalue weighted by Gasteiger charge is -2.28. The molecular weight excluding hydrogens is 402 g/mol. The summed E-state index contributed by atoms with van der Waals surface area (Å²) in [4.78, 5) is 12.7. The first kappa shape index (κ1) is 23.1. The third-order valence-electron chi connectivity index (χ3n) is 5.44. The van der Waals surface area contributed by atoms with Crippen LogP contribution < -0.4 is 11.1 Å². The number of amides is 1. The largest absolute Gasteiger partial charge is 0.381 e. The maximum atomic E-state index is 13.0. The molecule has 2 aliphatic heterocycles. The molecule has 158 valence electrons. The molecule has 2 heterocycles. The third kappa shape index (κ3) is 5.45. The van der Waals surface area contributed by atoms with Gasteiger partial charge in [0.25, 0.3) is 0 Å². The molecule has 2 aliphatic rings. The molecule has 0 bridgehead atoms. The van der Waals surface area contributed by atoms with E-state index >= 15 is 0 Å². The number of benzene rings is 1. The fourth-order valence-corrected chi connectivity index (χ4v) is 5.47. The predicted octanol–water partition coefficient (Wildman–Crippen LogP) is 1.65. The fraction of sp³-hybridized carbons (Fsp3) is 0.632. The molecule has 1 unspecified atom stereocenters. The summed E-state index contributed by atoms with van der Waals surface area (Å²) in [5.74, 6) is -0.141. The number of carbonyl (C=O) groups excluding carboxylic acids is 1. The Morgan fingerprint density at radius 2 is 1.82 bits per heavy atom. The van der Waals surface area contributed by atoms with Gasteiger partial charge >= 0.3 is 0 Å². The van der Waals surface area contributed by atoms with Crippen LogP contribution in [0.1, 0.15) is 37.7 Å². The minimum atomic E-state index is -3.55. The van der Waals surface area contributed by atoms with Gasteiger partial charge in [-0.1, -0.05) is 24.6 Å². The van der Waals surface area contributed by atoms with E-state index in [-0.39, 0.29) is 35.7 Å². The van der Waals surface area contributed by atoms with Crippen LogP contribution >= 0.6 is 12.4 Å². The van der Waals surface area contributed by atoms with Crippen molar-refractivity contribution >= 4 is 28.3 Å². The molecule has 28 heavy (non-hydrogen) atoms. The molecule has 7 nitrogen and oxygen atoms in total. The number of sulfonamides is 1. The Kier molecular flexibility index (Phi) is 8.70. The molecule has 1 aromatic rings. The molecular formula is C19H30ClN3O4S. The number of hydrogen-bond acceptors (Lipinski definition) is 5. The normalized spacial score (nSPS) is 20.2. The Hall–Kier alpha value is -1.19. The zero-order valence-electron chi connectivity index (χ0n) is 16.0. The van der Waals surface area contributed by atoms with Gasteiger partial charge < -0.3 is 15.8 Å². The van der Waals surface area contributed by atoms with E-state index in [0.29, 0.717) is 31.9 Å². The Labute approximate surface area is 173 Å². The Balaban J connectivity index is 0.00000280. The van der Waals surface area contributed by atoms with Gasteiger partial charge in [-0.05, 0) is 43.2 Å². The molecule has 9 heteroatoms. The van der Waals surface area contributed by atoms with Crippen LogP contribution in [-0.4, -0.2) is 51.0 Å². The average Bonchev–Trinajstić information content (AvgIpc) is 2.73. The summed E-state index contributed by atoms with van der Waals surface area (Å²) in [6, 6.07) is 6.27. The second kappa shape index (κ2) is 10.5. The molecule has 3 N–H and O–H groups in total. The van der Waals surface area contributed by atoms with Crippen molar-refractivity contribution in [1.82, 2.24) is 9.62 Å². The van der Waals surface area contributed by atoms with Gasteiger partial charge in [-0.25, -0.2) is 8.42 Å². The van der Waals surface area contributed by atoms with Gasteiger partial charge in [0, 0.05) is 32.8 Å². The number of nitrogens with zero attached hydrogens (tertiary/aromatic N) is 1. The first-order valence-electron chi connectivity index (χ1n) is 9.69. The van der Waals surface area contributed by atoms with Crippen LogP contribution in [0.4, 0.5) is 0 Å². The quantitative estimate of drug-likeness (QED) is 0.713. The zero-order chi connectivity index (χ0) is 19.3. The van der Waals surface area contributed by atoms with Gasteiger partial charge in [0.2, 0.25) is 15.9 Å². The van der Waals surface area contributed by atoms with Gasteiger partial charge in [0.1, 0.15) is 0 Å². The van der Waals surface area contributed by atoms with Crippen molar-refractivity contribution < 1.29 is 17.9 Å². The number of carbonyl (C=O) groups is 1. The van der Waals surface area contributed by atoms with Gasteiger partial charge in [-0.15, -0.1) is 12.4 Å². The number of hydrogen-bond donors (Lipinski definition) is 2. The van der Waals surface area contributed by atoms with Crippen molar-refractivity contribution in [2.75, 3.05) is 26.3 Å². The van der Waals surface area contributed by atoms with E-state index in [1.54, 1.807) is 28.6 Å². The van der Waals surface area contributed by atoms with E-state index < -0.39 is 16.1 Å². The molecule has 2 fully saturated rings. The van der Waals surface area contributed by atoms with E-state index in [9.17, 15) is 13.2 Å². The van der Waals surface area contributed by atoms with E-state index in [4.69, 9.17) is 10.5 Å². The number of ether oxygens (including phenoxy) is 1. The highest BCUT2D eigenvalue weighted by atomic mass is 35.5. The van der Waals surface area contributed by atoms with Crippen molar-refractivity contribution in [3.63, 3.8) is 0 Å². The Morgan fingerprint density at radius 3 is 2.50 bits per heavy atom. The molecule has 1 aromatic carbocycles. The summed E-state index contributed by atoms with van der Waals surface area (Å²) in [7, 11) is -3.55. The summed E-state index contributed by atoms with van der Waals surface area (Å²) in [6.45, 7) is 2.51. The highest BCUT2D eigenvalue weighted by Gasteiger charge is 2.29. The van der Waals surface area contributed by atoms with Crippen LogP contribution in [0.5, 0.6) is 0 Å². The highest BCUT2D eigenvalue weighted by Crippen LogP contribution is 2.24. The topological polar surface area (TPSA) is 102 Å². The van der Waals surface area contributed by atoms with Crippen LogP contribution in [0.25, 0.3) is 0 Å². The molecule has 1 atom stereocenters. The van der Waals surface area contributed by atoms with Crippen molar-refractivity contribution in [3.05, 3.63) is 29.8 Å². The number of nitrogens with two attached hydrogens (primary N) is 1. The monoisotopic (exact) mass is 431 g/mol. The van der Waals surface area contributed by atoms with Crippen LogP contribution in [0.2, 0.25) is 0 Å². The first-order chi connectivity index (χ1) is 13.0. The Morgan fingerprint density at radius 1 is 1.18 bits per heavy atom. The van der Waals surface area contributed by atoms with Crippen molar-refractivity contribution in [2.45, 2.75) is 49.6 Å². The number of halogens is 1. The van der Waals surface area contributed by atoms with Gasteiger partial charge in [0.15, 0.2) is 0 Å². The molecule has 0 radical (unpaired) electrons. The second-order valence-electron chi connectivity index (χ2n) is 7.27. The molecule has 0 aliphatic carbocycles. The van der Waals surface area contributed by atoms with Gasteiger partial charge in [-0.2, -0.15) is 4.31 Å². The van der Waals surface area contributed by atoms with Gasteiger partial charge in [-0.3, -0.25) is 4.79 Å². The lowest BCUT2D eigenvalue weighted by atomic mass is 9.92. The summed E-state index contributed by atoms with van der Waals surface area (Å²) in [5, 5.41) is 2.82. The SMILES string of the molecule is Cl.NC(C(=O)NCc1ccccc1S(=O)(=O)N1CCCCC1)C1CCOCC1. The highest BCUT2D eigenvalue weighted by molar-refractivity contribution is 7.89. The third-order valence-corrected chi connectivity index (χ3v) is 7.43. The molecule has 0 spiro atoms. The smallest absolute Gasteiger partial charge is 0.243 e. The second-order valence-corrected chi connectivity index (χ2v) is 9.17. The zero-order valence-corrected chi connectivity index (χ0v) is 17.6. The van der Waals surface area contributed by atoms with Crippen molar-refractivity contribution in [2.24, 2.45) is 11.7 Å². The minimum Gasteiger partial charge on any atom is -0.381 e. The number of rotatable bonds is 6. The predicted molar refractivity (Wildman–Crippen MR) is 110 cm³/mol. The summed E-state index contributed by atoms with van der Waals surface area (Å²) in [5.41, 5.74) is 6.70. The molecule has 3 rings (SSSR count). The Bertz CT molecular complexity index is 747. The van der Waals surface area contributed by atoms with Crippen molar-refractivity contribution in [1.29, 1.82) is 0 Å². The first-order valence-corrected chi connectivity index (χ1v) is 11.1. The van der Waals surface area contributed by atoms with Crippen LogP contribution in [0.15, 0.2) is 29.2 Å². The van der Waals surface area contributed by atoms with E-state index in [1.807, 2.05) is 0 Å². The lowest BCUT2D eigenvalue weighted by molar-refractivity contribution is -0.124. The van der Waals surface area contributed by atoms with Crippen LogP contribution in [-0.2, 0) is 26.1 Å².